The van der Waals surface area contributed by atoms with Crippen LogP contribution in [0.4, 0.5) is 0 Å². The summed E-state index contributed by atoms with van der Waals surface area (Å²) in [5, 5.41) is 6.91. The van der Waals surface area contributed by atoms with Crippen molar-refractivity contribution in [2.24, 2.45) is 5.92 Å². The summed E-state index contributed by atoms with van der Waals surface area (Å²) < 4.78 is 5.51. The minimum Gasteiger partial charge on any atom is -0.496 e. The molecule has 1 aromatic rings. The van der Waals surface area contributed by atoms with Crippen LogP contribution in [-0.4, -0.2) is 33.3 Å². The van der Waals surface area contributed by atoms with Gasteiger partial charge in [-0.1, -0.05) is 31.5 Å². The highest BCUT2D eigenvalue weighted by molar-refractivity contribution is 5.41. The third-order valence-electron chi connectivity index (χ3n) is 3.95. The van der Waals surface area contributed by atoms with Gasteiger partial charge >= 0.3 is 0 Å². The van der Waals surface area contributed by atoms with Crippen LogP contribution in [0.25, 0.3) is 0 Å². The summed E-state index contributed by atoms with van der Waals surface area (Å²) in [6.07, 6.45) is 0. The zero-order valence-corrected chi connectivity index (χ0v) is 12.5. The van der Waals surface area contributed by atoms with Gasteiger partial charge < -0.3 is 15.4 Å². The second-order valence-electron chi connectivity index (χ2n) is 6.24. The summed E-state index contributed by atoms with van der Waals surface area (Å²) in [5.74, 6) is 1.79. The van der Waals surface area contributed by atoms with Crippen molar-refractivity contribution in [3.8, 4) is 5.75 Å². The Morgan fingerprint density at radius 1 is 1.37 bits per heavy atom. The molecule has 1 saturated heterocycles. The normalized spacial score (nSPS) is 16.2. The van der Waals surface area contributed by atoms with E-state index in [9.17, 15) is 0 Å². The number of nitrogens with one attached hydrogen (secondary N) is 2. The first-order chi connectivity index (χ1) is 9.03. The van der Waals surface area contributed by atoms with E-state index < -0.39 is 0 Å². The molecule has 0 radical (unpaired) electrons. The monoisotopic (exact) mass is 262 g/mol. The molecule has 0 saturated carbocycles. The number of hydrogen-bond acceptors (Lipinski definition) is 3. The highest BCUT2D eigenvalue weighted by Crippen LogP contribution is 2.32. The van der Waals surface area contributed by atoms with Crippen LogP contribution in [0.2, 0.25) is 0 Å². The van der Waals surface area contributed by atoms with E-state index in [-0.39, 0.29) is 5.41 Å². The molecular weight excluding hydrogens is 236 g/mol. The lowest BCUT2D eigenvalue weighted by molar-refractivity contribution is 0.317. The largest absolute Gasteiger partial charge is 0.496 e. The summed E-state index contributed by atoms with van der Waals surface area (Å²) in [5.41, 5.74) is 2.65. The summed E-state index contributed by atoms with van der Waals surface area (Å²) in [7, 11) is 1.75. The molecule has 0 aliphatic carbocycles. The van der Waals surface area contributed by atoms with Gasteiger partial charge in [0.1, 0.15) is 5.75 Å². The van der Waals surface area contributed by atoms with Gasteiger partial charge in [0.25, 0.3) is 0 Å². The Balaban J connectivity index is 2.02. The van der Waals surface area contributed by atoms with Gasteiger partial charge in [0.15, 0.2) is 0 Å². The molecule has 106 valence electrons. The molecule has 0 amide bonds. The van der Waals surface area contributed by atoms with Crippen LogP contribution in [0.5, 0.6) is 5.75 Å². The van der Waals surface area contributed by atoms with Crippen LogP contribution >= 0.6 is 0 Å². The van der Waals surface area contributed by atoms with Gasteiger partial charge in [-0.2, -0.15) is 0 Å². The SMILES string of the molecule is COc1ccc(C)cc1C(C)(C)CNCC1CNC1. The Labute approximate surface area is 116 Å². The second kappa shape index (κ2) is 5.93. The van der Waals surface area contributed by atoms with Gasteiger partial charge in [0.05, 0.1) is 7.11 Å². The Bertz CT molecular complexity index is 425. The minimum atomic E-state index is 0.0779. The molecular formula is C16H26N2O. The molecule has 3 heteroatoms. The molecule has 0 bridgehead atoms. The summed E-state index contributed by atoms with van der Waals surface area (Å²) >= 11 is 0. The van der Waals surface area contributed by atoms with Crippen molar-refractivity contribution in [2.45, 2.75) is 26.2 Å². The van der Waals surface area contributed by atoms with Gasteiger partial charge in [-0.05, 0) is 18.9 Å². The quantitative estimate of drug-likeness (QED) is 0.823. The summed E-state index contributed by atoms with van der Waals surface area (Å²) in [4.78, 5) is 0. The maximum absolute atomic E-state index is 5.51. The molecule has 1 aliphatic heterocycles. The number of aryl methyl sites for hydroxylation is 1. The molecule has 0 unspecified atom stereocenters. The predicted molar refractivity (Wildman–Crippen MR) is 80.0 cm³/mol. The van der Waals surface area contributed by atoms with E-state index >= 15 is 0 Å². The number of ether oxygens (including phenoxy) is 1. The fourth-order valence-corrected chi connectivity index (χ4v) is 2.53. The van der Waals surface area contributed by atoms with Crippen molar-refractivity contribution in [1.82, 2.24) is 10.6 Å². The molecule has 19 heavy (non-hydrogen) atoms. The van der Waals surface area contributed by atoms with Gasteiger partial charge in [-0.3, -0.25) is 0 Å². The van der Waals surface area contributed by atoms with Crippen LogP contribution in [0, 0.1) is 12.8 Å². The van der Waals surface area contributed by atoms with Crippen molar-refractivity contribution in [3.05, 3.63) is 29.3 Å². The van der Waals surface area contributed by atoms with Crippen molar-refractivity contribution in [2.75, 3.05) is 33.3 Å². The Morgan fingerprint density at radius 2 is 2.11 bits per heavy atom. The Kier molecular flexibility index (Phi) is 4.48. The van der Waals surface area contributed by atoms with Crippen LogP contribution in [0.15, 0.2) is 18.2 Å². The summed E-state index contributed by atoms with van der Waals surface area (Å²) in [6, 6.07) is 6.42. The van der Waals surface area contributed by atoms with E-state index in [1.54, 1.807) is 7.11 Å². The smallest absolute Gasteiger partial charge is 0.122 e. The van der Waals surface area contributed by atoms with Crippen LogP contribution in [-0.2, 0) is 5.41 Å². The molecule has 3 nitrogen and oxygen atoms in total. The second-order valence-corrected chi connectivity index (χ2v) is 6.24. The zero-order valence-electron chi connectivity index (χ0n) is 12.5. The van der Waals surface area contributed by atoms with Gasteiger partial charge in [-0.25, -0.2) is 0 Å². The van der Waals surface area contributed by atoms with Crippen LogP contribution in [0.1, 0.15) is 25.0 Å². The zero-order chi connectivity index (χ0) is 13.9. The van der Waals surface area contributed by atoms with E-state index in [2.05, 4.69) is 49.6 Å². The lowest BCUT2D eigenvalue weighted by Crippen LogP contribution is -2.48. The molecule has 2 rings (SSSR count). The van der Waals surface area contributed by atoms with Gasteiger partial charge in [0, 0.05) is 37.2 Å². The van der Waals surface area contributed by atoms with Crippen molar-refractivity contribution < 1.29 is 4.74 Å². The molecule has 0 aromatic heterocycles. The van der Waals surface area contributed by atoms with E-state index in [1.807, 2.05) is 0 Å². The molecule has 1 aliphatic rings. The average molecular weight is 262 g/mol. The fourth-order valence-electron chi connectivity index (χ4n) is 2.53. The molecule has 2 N–H and O–H groups in total. The molecule has 0 spiro atoms. The number of benzene rings is 1. The lowest BCUT2D eigenvalue weighted by atomic mass is 9.83. The summed E-state index contributed by atoms with van der Waals surface area (Å²) in [6.45, 7) is 11.1. The first kappa shape index (κ1) is 14.4. The predicted octanol–water partition coefficient (Wildman–Crippen LogP) is 2.09. The van der Waals surface area contributed by atoms with Crippen molar-refractivity contribution in [1.29, 1.82) is 0 Å². The number of hydrogen-bond donors (Lipinski definition) is 2. The van der Waals surface area contributed by atoms with Crippen LogP contribution < -0.4 is 15.4 Å². The fraction of sp³-hybridized carbons (Fsp3) is 0.625. The highest BCUT2D eigenvalue weighted by atomic mass is 16.5. The standard InChI is InChI=1S/C16H26N2O/c1-12-5-6-15(19-4)14(7-12)16(2,3)11-18-10-13-8-17-9-13/h5-7,13,17-18H,8-11H2,1-4H3. The molecule has 1 fully saturated rings. The molecule has 0 atom stereocenters. The average Bonchev–Trinajstić information content (AvgIpc) is 2.32. The van der Waals surface area contributed by atoms with E-state index in [4.69, 9.17) is 4.74 Å². The number of rotatable bonds is 6. The Hall–Kier alpha value is -1.06. The van der Waals surface area contributed by atoms with Gasteiger partial charge in [0.2, 0.25) is 0 Å². The Morgan fingerprint density at radius 3 is 2.68 bits per heavy atom. The minimum absolute atomic E-state index is 0.0779. The van der Waals surface area contributed by atoms with E-state index in [0.717, 1.165) is 37.8 Å². The van der Waals surface area contributed by atoms with E-state index in [0.29, 0.717) is 0 Å². The highest BCUT2D eigenvalue weighted by Gasteiger charge is 2.25. The molecule has 1 heterocycles. The van der Waals surface area contributed by atoms with Gasteiger partial charge in [-0.15, -0.1) is 0 Å². The first-order valence-electron chi connectivity index (χ1n) is 7.09. The number of methoxy groups -OCH3 is 1. The maximum atomic E-state index is 5.51. The van der Waals surface area contributed by atoms with Crippen molar-refractivity contribution in [3.63, 3.8) is 0 Å². The maximum Gasteiger partial charge on any atom is 0.122 e. The van der Waals surface area contributed by atoms with E-state index in [1.165, 1.54) is 11.1 Å². The lowest BCUT2D eigenvalue weighted by Gasteiger charge is -2.31. The third-order valence-corrected chi connectivity index (χ3v) is 3.95. The molecule has 1 aromatic carbocycles. The van der Waals surface area contributed by atoms with Crippen LogP contribution in [0.3, 0.4) is 0 Å². The van der Waals surface area contributed by atoms with Crippen molar-refractivity contribution >= 4 is 0 Å². The first-order valence-corrected chi connectivity index (χ1v) is 7.09. The topological polar surface area (TPSA) is 33.3 Å². The third kappa shape index (κ3) is 3.48.